The van der Waals surface area contributed by atoms with Crippen molar-refractivity contribution in [2.24, 2.45) is 5.92 Å². The molecule has 25 heavy (non-hydrogen) atoms. The molecule has 4 nitrogen and oxygen atoms in total. The van der Waals surface area contributed by atoms with Crippen molar-refractivity contribution in [3.63, 3.8) is 0 Å². The minimum atomic E-state index is -0.0121. The summed E-state index contributed by atoms with van der Waals surface area (Å²) in [5.74, 6) is 1.69. The van der Waals surface area contributed by atoms with E-state index in [1.54, 1.807) is 7.11 Å². The lowest BCUT2D eigenvalue weighted by Gasteiger charge is -2.16. The van der Waals surface area contributed by atoms with E-state index in [4.69, 9.17) is 4.74 Å². The topological polar surface area (TPSA) is 50.4 Å². The van der Waals surface area contributed by atoms with Gasteiger partial charge in [-0.1, -0.05) is 42.5 Å². The molecule has 0 saturated heterocycles. The van der Waals surface area contributed by atoms with Crippen LogP contribution in [0.4, 0.5) is 0 Å². The first-order chi connectivity index (χ1) is 12.2. The molecule has 1 aliphatic carbocycles. The highest BCUT2D eigenvalue weighted by molar-refractivity contribution is 5.78. The van der Waals surface area contributed by atoms with Crippen LogP contribution in [0.5, 0.6) is 5.75 Å². The summed E-state index contributed by atoms with van der Waals surface area (Å²) in [4.78, 5) is 12.0. The molecular weight excluding hydrogens is 312 g/mol. The van der Waals surface area contributed by atoms with Gasteiger partial charge in [0.2, 0.25) is 5.91 Å². The minimum Gasteiger partial charge on any atom is -0.496 e. The Labute approximate surface area is 149 Å². The third-order valence-corrected chi connectivity index (χ3v) is 4.62. The largest absolute Gasteiger partial charge is 0.496 e. The van der Waals surface area contributed by atoms with Crippen LogP contribution in [0.1, 0.15) is 31.4 Å². The number of carbonyl (C=O) groups excluding carboxylic acids is 1. The minimum absolute atomic E-state index is 0.0121. The van der Waals surface area contributed by atoms with Crippen molar-refractivity contribution in [1.29, 1.82) is 0 Å². The van der Waals surface area contributed by atoms with E-state index in [1.807, 2.05) is 31.2 Å². The van der Waals surface area contributed by atoms with Crippen LogP contribution >= 0.6 is 0 Å². The van der Waals surface area contributed by atoms with Gasteiger partial charge in [-0.05, 0) is 49.4 Å². The maximum absolute atomic E-state index is 12.0. The fraction of sp³-hybridized carbons (Fsp3) is 0.381. The number of benzene rings is 2. The highest BCUT2D eigenvalue weighted by atomic mass is 16.5. The molecule has 0 bridgehead atoms. The summed E-state index contributed by atoms with van der Waals surface area (Å²) in [5.41, 5.74) is 3.26. The smallest absolute Gasteiger partial charge is 0.234 e. The third-order valence-electron chi connectivity index (χ3n) is 4.62. The Morgan fingerprint density at radius 2 is 1.88 bits per heavy atom. The van der Waals surface area contributed by atoms with Gasteiger partial charge in [0.05, 0.1) is 19.7 Å². The van der Waals surface area contributed by atoms with E-state index in [0.717, 1.165) is 34.9 Å². The molecule has 0 aliphatic heterocycles. The first kappa shape index (κ1) is 17.5. The highest BCUT2D eigenvalue weighted by Gasteiger charge is 2.20. The van der Waals surface area contributed by atoms with Crippen LogP contribution in [0.3, 0.4) is 0 Å². The van der Waals surface area contributed by atoms with Gasteiger partial charge < -0.3 is 15.4 Å². The van der Waals surface area contributed by atoms with Crippen molar-refractivity contribution in [3.05, 3.63) is 54.1 Å². The molecule has 1 amide bonds. The zero-order valence-corrected chi connectivity index (χ0v) is 14.9. The van der Waals surface area contributed by atoms with Gasteiger partial charge in [0.15, 0.2) is 0 Å². The van der Waals surface area contributed by atoms with E-state index in [1.165, 1.54) is 12.8 Å². The number of rotatable bonds is 8. The number of hydrogen-bond donors (Lipinski definition) is 2. The Balaban J connectivity index is 1.58. The van der Waals surface area contributed by atoms with Gasteiger partial charge in [0.25, 0.3) is 0 Å². The van der Waals surface area contributed by atoms with E-state index in [0.29, 0.717) is 6.54 Å². The summed E-state index contributed by atoms with van der Waals surface area (Å²) >= 11 is 0. The summed E-state index contributed by atoms with van der Waals surface area (Å²) in [7, 11) is 1.68. The number of hydrogen-bond acceptors (Lipinski definition) is 3. The normalized spacial score (nSPS) is 14.8. The molecule has 0 spiro atoms. The zero-order valence-electron chi connectivity index (χ0n) is 14.9. The molecule has 1 unspecified atom stereocenters. The maximum atomic E-state index is 12.0. The van der Waals surface area contributed by atoms with Crippen molar-refractivity contribution in [2.75, 3.05) is 20.2 Å². The fourth-order valence-corrected chi connectivity index (χ4v) is 2.92. The van der Waals surface area contributed by atoms with Gasteiger partial charge in [0.1, 0.15) is 5.75 Å². The van der Waals surface area contributed by atoms with Crippen LogP contribution in [0.15, 0.2) is 48.5 Å². The summed E-state index contributed by atoms with van der Waals surface area (Å²) < 4.78 is 5.42. The van der Waals surface area contributed by atoms with E-state index in [2.05, 4.69) is 34.9 Å². The van der Waals surface area contributed by atoms with E-state index in [-0.39, 0.29) is 11.9 Å². The fourth-order valence-electron chi connectivity index (χ4n) is 2.92. The number of amides is 1. The number of methoxy groups -OCH3 is 1. The molecule has 0 aromatic heterocycles. The van der Waals surface area contributed by atoms with E-state index >= 15 is 0 Å². The summed E-state index contributed by atoms with van der Waals surface area (Å²) in [6.45, 7) is 3.35. The molecule has 3 rings (SSSR count). The van der Waals surface area contributed by atoms with Gasteiger partial charge in [0, 0.05) is 5.56 Å². The average Bonchev–Trinajstić information content (AvgIpc) is 3.46. The molecule has 1 fully saturated rings. The predicted octanol–water partition coefficient (Wildman–Crippen LogP) is 3.54. The predicted molar refractivity (Wildman–Crippen MR) is 101 cm³/mol. The van der Waals surface area contributed by atoms with Crippen molar-refractivity contribution in [3.8, 4) is 16.9 Å². The number of ether oxygens (including phenoxy) is 1. The molecule has 1 atom stereocenters. The number of carbonyl (C=O) groups is 1. The number of para-hydroxylation sites is 1. The lowest BCUT2D eigenvalue weighted by Crippen LogP contribution is -2.36. The Bertz CT molecular complexity index is 708. The van der Waals surface area contributed by atoms with Crippen molar-refractivity contribution in [1.82, 2.24) is 10.6 Å². The highest BCUT2D eigenvalue weighted by Crippen LogP contribution is 2.30. The average molecular weight is 338 g/mol. The quantitative estimate of drug-likeness (QED) is 0.774. The van der Waals surface area contributed by atoms with Gasteiger partial charge in [-0.15, -0.1) is 0 Å². The second-order valence-electron chi connectivity index (χ2n) is 6.69. The van der Waals surface area contributed by atoms with Crippen LogP contribution in [0.25, 0.3) is 11.1 Å². The Morgan fingerprint density at radius 3 is 2.56 bits per heavy atom. The first-order valence-corrected chi connectivity index (χ1v) is 8.91. The van der Waals surface area contributed by atoms with Crippen LogP contribution in [0, 0.1) is 5.92 Å². The van der Waals surface area contributed by atoms with E-state index < -0.39 is 0 Å². The van der Waals surface area contributed by atoms with Crippen molar-refractivity contribution < 1.29 is 9.53 Å². The zero-order chi connectivity index (χ0) is 17.6. The molecule has 2 aromatic carbocycles. The maximum Gasteiger partial charge on any atom is 0.234 e. The Hall–Kier alpha value is -2.33. The first-order valence-electron chi connectivity index (χ1n) is 8.91. The van der Waals surface area contributed by atoms with Gasteiger partial charge in [-0.3, -0.25) is 4.79 Å². The van der Waals surface area contributed by atoms with Crippen LogP contribution in [0.2, 0.25) is 0 Å². The standard InChI is InChI=1S/C21H26N2O2/c1-15(23-21(24)14-22-13-16-7-8-16)17-9-11-18(12-10-17)19-5-3-4-6-20(19)25-2/h3-6,9-12,15-16,22H,7-8,13-14H2,1-2H3,(H,23,24). The van der Waals surface area contributed by atoms with Gasteiger partial charge in [-0.25, -0.2) is 0 Å². The van der Waals surface area contributed by atoms with Crippen LogP contribution in [-0.2, 0) is 4.79 Å². The van der Waals surface area contributed by atoms with Crippen LogP contribution < -0.4 is 15.4 Å². The summed E-state index contributed by atoms with van der Waals surface area (Å²) in [5, 5.41) is 6.27. The second kappa shape index (κ2) is 8.17. The van der Waals surface area contributed by atoms with Crippen molar-refractivity contribution in [2.45, 2.75) is 25.8 Å². The second-order valence-corrected chi connectivity index (χ2v) is 6.69. The molecular formula is C21H26N2O2. The molecule has 0 heterocycles. The van der Waals surface area contributed by atoms with Gasteiger partial charge in [-0.2, -0.15) is 0 Å². The molecule has 1 saturated carbocycles. The molecule has 1 aliphatic rings. The molecule has 2 N–H and O–H groups in total. The number of nitrogens with one attached hydrogen (secondary N) is 2. The lowest BCUT2D eigenvalue weighted by molar-refractivity contribution is -0.120. The SMILES string of the molecule is COc1ccccc1-c1ccc(C(C)NC(=O)CNCC2CC2)cc1. The molecule has 2 aromatic rings. The third kappa shape index (κ3) is 4.83. The Morgan fingerprint density at radius 1 is 1.16 bits per heavy atom. The van der Waals surface area contributed by atoms with Gasteiger partial charge >= 0.3 is 0 Å². The molecule has 4 heteroatoms. The molecule has 132 valence electrons. The summed E-state index contributed by atoms with van der Waals surface area (Å²) in [6, 6.07) is 16.2. The Kier molecular flexibility index (Phi) is 5.71. The lowest BCUT2D eigenvalue weighted by atomic mass is 10.0. The molecule has 0 radical (unpaired) electrons. The van der Waals surface area contributed by atoms with Crippen LogP contribution in [-0.4, -0.2) is 26.1 Å². The monoisotopic (exact) mass is 338 g/mol. The van der Waals surface area contributed by atoms with Crippen molar-refractivity contribution >= 4 is 5.91 Å². The summed E-state index contributed by atoms with van der Waals surface area (Å²) in [6.07, 6.45) is 2.59. The van der Waals surface area contributed by atoms with E-state index in [9.17, 15) is 4.79 Å².